The summed E-state index contributed by atoms with van der Waals surface area (Å²) in [5.41, 5.74) is 1.12. The Bertz CT molecular complexity index is 770. The molecular weight excluding hydrogens is 374 g/mol. The standard InChI is InChI=1S/C19H31N7OS/c1-4-20-19(21-10-6-5-7-18-22-14(2)13-28-18)23-15-8-9-17-24-16(12-27-3)25-26(17)11-15/h13,15H,4-12H2,1-3H3,(H2,20,21,23). The summed E-state index contributed by atoms with van der Waals surface area (Å²) < 4.78 is 7.13. The van der Waals surface area contributed by atoms with Gasteiger partial charge >= 0.3 is 0 Å². The molecule has 0 saturated heterocycles. The van der Waals surface area contributed by atoms with E-state index < -0.39 is 0 Å². The number of aromatic nitrogens is 4. The SMILES string of the molecule is CCNC(=NCCCCc1nc(C)cs1)NC1CCc2nc(COC)nn2C1. The summed E-state index contributed by atoms with van der Waals surface area (Å²) in [5.74, 6) is 2.69. The predicted octanol–water partition coefficient (Wildman–Crippen LogP) is 2.08. The molecule has 3 rings (SSSR count). The fraction of sp³-hybridized carbons (Fsp3) is 0.684. The van der Waals surface area contributed by atoms with Gasteiger partial charge in [-0.15, -0.1) is 11.3 Å². The van der Waals surface area contributed by atoms with Gasteiger partial charge in [-0.2, -0.15) is 5.10 Å². The molecule has 28 heavy (non-hydrogen) atoms. The highest BCUT2D eigenvalue weighted by molar-refractivity contribution is 7.09. The fourth-order valence-electron chi connectivity index (χ4n) is 3.28. The highest BCUT2D eigenvalue weighted by Crippen LogP contribution is 2.14. The van der Waals surface area contributed by atoms with Crippen LogP contribution in [-0.4, -0.2) is 51.9 Å². The van der Waals surface area contributed by atoms with Crippen LogP contribution in [0, 0.1) is 6.92 Å². The van der Waals surface area contributed by atoms with Crippen LogP contribution in [0.25, 0.3) is 0 Å². The Morgan fingerprint density at radius 3 is 3.04 bits per heavy atom. The summed E-state index contributed by atoms with van der Waals surface area (Å²) >= 11 is 1.75. The third-order valence-corrected chi connectivity index (χ3v) is 5.62. The minimum absolute atomic E-state index is 0.306. The second-order valence-electron chi connectivity index (χ2n) is 7.04. The molecule has 1 atom stereocenters. The maximum absolute atomic E-state index is 5.14. The highest BCUT2D eigenvalue weighted by Gasteiger charge is 2.22. The third-order valence-electron chi connectivity index (χ3n) is 4.60. The van der Waals surface area contributed by atoms with Crippen molar-refractivity contribution in [1.82, 2.24) is 30.4 Å². The first-order valence-electron chi connectivity index (χ1n) is 10.0. The second-order valence-corrected chi connectivity index (χ2v) is 7.98. The molecule has 2 N–H and O–H groups in total. The van der Waals surface area contributed by atoms with Crippen molar-refractivity contribution in [2.24, 2.45) is 4.99 Å². The number of hydrogen-bond acceptors (Lipinski definition) is 6. The number of rotatable bonds is 9. The molecule has 0 fully saturated rings. The quantitative estimate of drug-likeness (QED) is 0.377. The van der Waals surface area contributed by atoms with Crippen LogP contribution in [0.4, 0.5) is 0 Å². The Kier molecular flexibility index (Phi) is 7.79. The van der Waals surface area contributed by atoms with Crippen LogP contribution in [0.5, 0.6) is 0 Å². The van der Waals surface area contributed by atoms with Gasteiger partial charge in [-0.1, -0.05) is 0 Å². The number of guanidine groups is 1. The van der Waals surface area contributed by atoms with Crippen molar-refractivity contribution in [3.05, 3.63) is 27.7 Å². The van der Waals surface area contributed by atoms with Crippen molar-refractivity contribution in [1.29, 1.82) is 0 Å². The zero-order valence-electron chi connectivity index (χ0n) is 17.1. The lowest BCUT2D eigenvalue weighted by atomic mass is 10.1. The summed E-state index contributed by atoms with van der Waals surface area (Å²) in [6.45, 7) is 7.07. The fourth-order valence-corrected chi connectivity index (χ4v) is 4.10. The van der Waals surface area contributed by atoms with Gasteiger partial charge in [0.2, 0.25) is 0 Å². The number of nitrogens with zero attached hydrogens (tertiary/aromatic N) is 5. The van der Waals surface area contributed by atoms with Crippen LogP contribution in [0.15, 0.2) is 10.4 Å². The topological polar surface area (TPSA) is 89.2 Å². The monoisotopic (exact) mass is 405 g/mol. The molecule has 154 valence electrons. The number of unbranched alkanes of at least 4 members (excludes halogenated alkanes) is 1. The van der Waals surface area contributed by atoms with E-state index in [-0.39, 0.29) is 0 Å². The van der Waals surface area contributed by atoms with Crippen LogP contribution in [-0.2, 0) is 30.7 Å². The van der Waals surface area contributed by atoms with E-state index in [1.807, 2.05) is 11.6 Å². The zero-order chi connectivity index (χ0) is 19.8. The number of methoxy groups -OCH3 is 1. The van der Waals surface area contributed by atoms with Crippen LogP contribution < -0.4 is 10.6 Å². The number of thiazole rings is 1. The average molecular weight is 406 g/mol. The molecule has 3 heterocycles. The van der Waals surface area contributed by atoms with Crippen LogP contribution in [0.3, 0.4) is 0 Å². The van der Waals surface area contributed by atoms with E-state index in [9.17, 15) is 0 Å². The molecule has 2 aromatic heterocycles. The Labute approximate surface area is 170 Å². The first-order chi connectivity index (χ1) is 13.7. The molecule has 1 aliphatic heterocycles. The van der Waals surface area contributed by atoms with Gasteiger partial charge in [-0.05, 0) is 39.5 Å². The largest absolute Gasteiger partial charge is 0.377 e. The lowest BCUT2D eigenvalue weighted by molar-refractivity contribution is 0.177. The molecule has 2 aromatic rings. The Morgan fingerprint density at radius 2 is 2.29 bits per heavy atom. The van der Waals surface area contributed by atoms with Crippen molar-refractivity contribution >= 4 is 17.3 Å². The van der Waals surface area contributed by atoms with Gasteiger partial charge in [0.1, 0.15) is 12.4 Å². The molecular formula is C19H31N7OS. The predicted molar refractivity (Wildman–Crippen MR) is 112 cm³/mol. The van der Waals surface area contributed by atoms with Crippen molar-refractivity contribution in [2.45, 2.75) is 65.1 Å². The summed E-state index contributed by atoms with van der Waals surface area (Å²) in [7, 11) is 1.67. The van der Waals surface area contributed by atoms with Crippen molar-refractivity contribution in [3.63, 3.8) is 0 Å². The van der Waals surface area contributed by atoms with Gasteiger partial charge < -0.3 is 15.4 Å². The first kappa shape index (κ1) is 20.7. The summed E-state index contributed by atoms with van der Waals surface area (Å²) in [5, 5.41) is 14.8. The Hall–Kier alpha value is -2.00. The second kappa shape index (κ2) is 10.5. The summed E-state index contributed by atoms with van der Waals surface area (Å²) in [6.07, 6.45) is 5.16. The van der Waals surface area contributed by atoms with Gasteiger partial charge in [-0.3, -0.25) is 4.99 Å². The van der Waals surface area contributed by atoms with Gasteiger partial charge in [0.05, 0.1) is 11.6 Å². The van der Waals surface area contributed by atoms with E-state index in [2.05, 4.69) is 38.0 Å². The number of fused-ring (bicyclic) bond motifs is 1. The van der Waals surface area contributed by atoms with E-state index in [4.69, 9.17) is 9.73 Å². The molecule has 8 nitrogen and oxygen atoms in total. The normalized spacial score (nSPS) is 16.8. The summed E-state index contributed by atoms with van der Waals surface area (Å²) in [4.78, 5) is 13.8. The van der Waals surface area contributed by atoms with Crippen LogP contribution in [0.1, 0.15) is 48.5 Å². The van der Waals surface area contributed by atoms with Crippen LogP contribution >= 0.6 is 11.3 Å². The number of nitrogens with one attached hydrogen (secondary N) is 2. The molecule has 1 aliphatic rings. The van der Waals surface area contributed by atoms with Gasteiger partial charge in [0.25, 0.3) is 0 Å². The lowest BCUT2D eigenvalue weighted by Gasteiger charge is -2.25. The average Bonchev–Trinajstić information content (AvgIpc) is 3.27. The molecule has 0 saturated carbocycles. The highest BCUT2D eigenvalue weighted by atomic mass is 32.1. The van der Waals surface area contributed by atoms with Gasteiger partial charge in [-0.25, -0.2) is 14.6 Å². The molecule has 9 heteroatoms. The third kappa shape index (κ3) is 6.00. The van der Waals surface area contributed by atoms with E-state index in [0.29, 0.717) is 12.6 Å². The van der Waals surface area contributed by atoms with Crippen molar-refractivity contribution in [2.75, 3.05) is 20.2 Å². The lowest BCUT2D eigenvalue weighted by Crippen LogP contribution is -2.47. The van der Waals surface area contributed by atoms with E-state index in [0.717, 1.165) is 75.0 Å². The molecule has 0 radical (unpaired) electrons. The molecule has 0 amide bonds. The number of ether oxygens (including phenoxy) is 1. The van der Waals surface area contributed by atoms with Crippen molar-refractivity contribution in [3.8, 4) is 0 Å². The summed E-state index contributed by atoms with van der Waals surface area (Å²) in [6, 6.07) is 0.306. The minimum atomic E-state index is 0.306. The van der Waals surface area contributed by atoms with E-state index in [1.54, 1.807) is 18.4 Å². The van der Waals surface area contributed by atoms with Gasteiger partial charge in [0, 0.05) is 43.7 Å². The molecule has 0 spiro atoms. The van der Waals surface area contributed by atoms with Gasteiger partial charge in [0.15, 0.2) is 11.8 Å². The number of aryl methyl sites for hydroxylation is 3. The van der Waals surface area contributed by atoms with Crippen LogP contribution in [0.2, 0.25) is 0 Å². The molecule has 0 aromatic carbocycles. The Balaban J connectivity index is 1.46. The minimum Gasteiger partial charge on any atom is -0.377 e. The molecule has 0 bridgehead atoms. The smallest absolute Gasteiger partial charge is 0.191 e. The number of hydrogen-bond donors (Lipinski definition) is 2. The van der Waals surface area contributed by atoms with E-state index >= 15 is 0 Å². The molecule has 0 aliphatic carbocycles. The number of aliphatic imine (C=N–C) groups is 1. The first-order valence-corrected chi connectivity index (χ1v) is 10.9. The van der Waals surface area contributed by atoms with Crippen molar-refractivity contribution < 1.29 is 4.74 Å². The zero-order valence-corrected chi connectivity index (χ0v) is 17.9. The Morgan fingerprint density at radius 1 is 1.39 bits per heavy atom. The maximum atomic E-state index is 5.14. The molecule has 1 unspecified atom stereocenters. The maximum Gasteiger partial charge on any atom is 0.191 e. The van der Waals surface area contributed by atoms with E-state index in [1.165, 1.54) is 5.01 Å².